The first-order valence-electron chi connectivity index (χ1n) is 7.64. The molecule has 1 atom stereocenters. The number of amides is 1. The minimum Gasteiger partial charge on any atom is -0.550 e. The molecule has 0 aliphatic rings. The summed E-state index contributed by atoms with van der Waals surface area (Å²) in [4.78, 5) is 22.1. The molecule has 6 nitrogen and oxygen atoms in total. The molecule has 1 amide bonds. The van der Waals surface area contributed by atoms with E-state index in [0.29, 0.717) is 26.1 Å². The fraction of sp³-hybridized carbons (Fsp3) is 0.500. The predicted octanol–water partition coefficient (Wildman–Crippen LogP) is 0.0244. The fourth-order valence-corrected chi connectivity index (χ4v) is 5.86. The van der Waals surface area contributed by atoms with Crippen LogP contribution in [-0.4, -0.2) is 31.7 Å². The fourth-order valence-electron chi connectivity index (χ4n) is 1.91. The molecule has 0 aliphatic carbocycles. The number of ether oxygens (including phenoxy) is 2. The van der Waals surface area contributed by atoms with Gasteiger partial charge in [0.15, 0.2) is 0 Å². The Kier molecular flexibility index (Phi) is 14.8. The molecule has 1 unspecified atom stereocenters. The van der Waals surface area contributed by atoms with Crippen molar-refractivity contribution in [3.63, 3.8) is 0 Å². The van der Waals surface area contributed by atoms with Crippen LogP contribution in [0.4, 0.5) is 5.69 Å². The van der Waals surface area contributed by atoms with Gasteiger partial charge in [0.1, 0.15) is 5.75 Å². The van der Waals surface area contributed by atoms with Gasteiger partial charge < -0.3 is 24.7 Å². The third-order valence-electron chi connectivity index (χ3n) is 3.25. The predicted molar refractivity (Wildman–Crippen MR) is 119 cm³/mol. The molecule has 1 rings (SSSR count). The van der Waals surface area contributed by atoms with Crippen LogP contribution >= 0.6 is 67.8 Å². The smallest absolute Gasteiger partial charge is 0.550 e. The van der Waals surface area contributed by atoms with Crippen molar-refractivity contribution >= 4 is 85.3 Å². The number of carbonyl (C=O) groups is 2. The molecule has 1 aromatic rings. The molecule has 0 aliphatic heterocycles. The van der Waals surface area contributed by atoms with Gasteiger partial charge in [-0.3, -0.25) is 4.79 Å². The van der Waals surface area contributed by atoms with Crippen LogP contribution in [0.25, 0.3) is 0 Å². The summed E-state index contributed by atoms with van der Waals surface area (Å²) in [6.07, 6.45) is 1.13. The van der Waals surface area contributed by atoms with Crippen LogP contribution in [0.1, 0.15) is 26.7 Å². The van der Waals surface area contributed by atoms with Crippen molar-refractivity contribution in [3.05, 3.63) is 16.8 Å². The Morgan fingerprint density at radius 2 is 1.88 bits per heavy atom. The maximum atomic E-state index is 11.4. The van der Waals surface area contributed by atoms with Gasteiger partial charge in [-0.25, -0.2) is 0 Å². The molecular weight excluding hydrogens is 690 g/mol. The summed E-state index contributed by atoms with van der Waals surface area (Å²) < 4.78 is 14.0. The van der Waals surface area contributed by atoms with Gasteiger partial charge in [-0.1, -0.05) is 6.92 Å². The van der Waals surface area contributed by atoms with E-state index in [0.717, 1.165) is 22.1 Å². The van der Waals surface area contributed by atoms with Crippen LogP contribution in [0, 0.1) is 16.6 Å². The third kappa shape index (κ3) is 9.07. The summed E-state index contributed by atoms with van der Waals surface area (Å²) in [5.41, 5.74) is 0.750. The Hall–Kier alpha value is 1.11. The second-order valence-corrected chi connectivity index (χ2v) is 8.64. The SMILES string of the molecule is CCC(COCCCOc1c(I)cc(I)c(NC(C)=O)c1I)C(=O)[O-].[Na+]. The maximum Gasteiger partial charge on any atom is 1.00 e. The van der Waals surface area contributed by atoms with Crippen LogP contribution < -0.4 is 44.7 Å². The molecule has 0 fully saturated rings. The molecule has 0 heterocycles. The van der Waals surface area contributed by atoms with Gasteiger partial charge in [-0.15, -0.1) is 0 Å². The molecule has 0 aromatic heterocycles. The van der Waals surface area contributed by atoms with E-state index in [9.17, 15) is 14.7 Å². The zero-order valence-corrected chi connectivity index (χ0v) is 23.3. The Morgan fingerprint density at radius 1 is 1.23 bits per heavy atom. The number of hydrogen-bond acceptors (Lipinski definition) is 5. The van der Waals surface area contributed by atoms with Crippen LogP contribution in [0.5, 0.6) is 5.75 Å². The zero-order valence-electron chi connectivity index (χ0n) is 14.9. The number of benzene rings is 1. The average Bonchev–Trinajstić information content (AvgIpc) is 2.52. The number of carboxylic acids is 1. The largest absolute Gasteiger partial charge is 1.00 e. The van der Waals surface area contributed by atoms with Gasteiger partial charge >= 0.3 is 29.6 Å². The van der Waals surface area contributed by atoms with E-state index in [-0.39, 0.29) is 42.1 Å². The van der Waals surface area contributed by atoms with Gasteiger partial charge in [0.25, 0.3) is 0 Å². The van der Waals surface area contributed by atoms with E-state index in [1.807, 2.05) is 6.07 Å². The van der Waals surface area contributed by atoms with Gasteiger partial charge in [-0.2, -0.15) is 0 Å². The number of rotatable bonds is 10. The van der Waals surface area contributed by atoms with Crippen LogP contribution in [-0.2, 0) is 14.3 Å². The number of anilines is 1. The second kappa shape index (κ2) is 14.1. The van der Waals surface area contributed by atoms with Crippen molar-refractivity contribution < 1.29 is 53.7 Å². The number of hydrogen-bond donors (Lipinski definition) is 1. The molecule has 1 aromatic carbocycles. The van der Waals surface area contributed by atoms with E-state index < -0.39 is 11.9 Å². The van der Waals surface area contributed by atoms with E-state index >= 15 is 0 Å². The molecular formula is C16H19I3NNaO5. The topological polar surface area (TPSA) is 87.7 Å². The summed E-state index contributed by atoms with van der Waals surface area (Å²) in [5, 5.41) is 13.6. The molecule has 0 saturated heterocycles. The van der Waals surface area contributed by atoms with Crippen LogP contribution in [0.2, 0.25) is 0 Å². The summed E-state index contributed by atoms with van der Waals surface area (Å²) >= 11 is 6.54. The monoisotopic (exact) mass is 709 g/mol. The number of halogens is 3. The van der Waals surface area contributed by atoms with Gasteiger partial charge in [0.05, 0.1) is 26.0 Å². The molecule has 10 heteroatoms. The molecule has 0 radical (unpaired) electrons. The first-order chi connectivity index (χ1) is 11.8. The quantitative estimate of drug-likeness (QED) is 0.211. The molecule has 26 heavy (non-hydrogen) atoms. The molecule has 0 spiro atoms. The molecule has 1 N–H and O–H groups in total. The molecule has 140 valence electrons. The van der Waals surface area contributed by atoms with E-state index in [1.165, 1.54) is 6.92 Å². The Morgan fingerprint density at radius 3 is 2.42 bits per heavy atom. The van der Waals surface area contributed by atoms with Crippen molar-refractivity contribution in [2.75, 3.05) is 25.1 Å². The minimum absolute atomic E-state index is 0. The van der Waals surface area contributed by atoms with Gasteiger partial charge in [-0.05, 0) is 80.3 Å². The second-order valence-electron chi connectivity index (χ2n) is 5.24. The Labute approximate surface area is 216 Å². The first kappa shape index (κ1) is 27.1. The summed E-state index contributed by atoms with van der Waals surface area (Å²) in [6.45, 7) is 4.27. The van der Waals surface area contributed by atoms with Gasteiger partial charge in [0, 0.05) is 35.4 Å². The average molecular weight is 709 g/mol. The Balaban J connectivity index is 0.00000625. The Bertz CT molecular complexity index is 630. The number of carbonyl (C=O) groups excluding carboxylic acids is 2. The number of carboxylic acid groups (broad SMARTS) is 1. The van der Waals surface area contributed by atoms with Crippen LogP contribution in [0.15, 0.2) is 6.07 Å². The number of aliphatic carboxylic acids is 1. The minimum atomic E-state index is -1.08. The third-order valence-corrected chi connectivity index (χ3v) is 5.93. The first-order valence-corrected chi connectivity index (χ1v) is 10.9. The zero-order chi connectivity index (χ0) is 19.0. The maximum absolute atomic E-state index is 11.4. The molecule has 0 bridgehead atoms. The van der Waals surface area contributed by atoms with Crippen molar-refractivity contribution in [1.82, 2.24) is 0 Å². The summed E-state index contributed by atoms with van der Waals surface area (Å²) in [5.74, 6) is -1.05. The van der Waals surface area contributed by atoms with E-state index in [1.54, 1.807) is 6.92 Å². The number of nitrogens with one attached hydrogen (secondary N) is 1. The van der Waals surface area contributed by atoms with E-state index in [4.69, 9.17) is 9.47 Å². The standard InChI is InChI=1S/C16H20I3NO5.Na/c1-3-10(16(22)23)8-24-5-4-6-25-15-12(18)7-11(17)14(13(15)19)20-9(2)21;/h7,10H,3-6,8H2,1-2H3,(H,20,21)(H,22,23);/q;+1/p-1. The van der Waals surface area contributed by atoms with Gasteiger partial charge in [0.2, 0.25) is 5.91 Å². The van der Waals surface area contributed by atoms with Crippen LogP contribution in [0.3, 0.4) is 0 Å². The summed E-state index contributed by atoms with van der Waals surface area (Å²) in [7, 11) is 0. The van der Waals surface area contributed by atoms with Crippen molar-refractivity contribution in [2.24, 2.45) is 5.92 Å². The molecule has 0 saturated carbocycles. The summed E-state index contributed by atoms with van der Waals surface area (Å²) in [6, 6.07) is 1.95. The van der Waals surface area contributed by atoms with Crippen molar-refractivity contribution in [3.8, 4) is 5.75 Å². The van der Waals surface area contributed by atoms with Crippen molar-refractivity contribution in [2.45, 2.75) is 26.7 Å². The van der Waals surface area contributed by atoms with E-state index in [2.05, 4.69) is 73.1 Å². The normalized spacial score (nSPS) is 11.4. The van der Waals surface area contributed by atoms with Crippen molar-refractivity contribution in [1.29, 1.82) is 0 Å².